The molecule has 4 nitrogen and oxygen atoms in total. The highest BCUT2D eigenvalue weighted by atomic mass is 32.1. The minimum absolute atomic E-state index is 0.0908. The molecule has 1 heterocycles. The Bertz CT molecular complexity index is 362. The topological polar surface area (TPSA) is 68.0 Å². The third kappa shape index (κ3) is 4.83. The smallest absolute Gasteiger partial charge is 0.237 e. The normalized spacial score (nSPS) is 12.8. The van der Waals surface area contributed by atoms with Gasteiger partial charge in [-0.15, -0.1) is 11.3 Å². The van der Waals surface area contributed by atoms with Crippen LogP contribution in [0.5, 0.6) is 0 Å². The number of hydrogen-bond donors (Lipinski definition) is 2. The van der Waals surface area contributed by atoms with E-state index in [1.165, 1.54) is 4.88 Å². The molecule has 0 fully saturated rings. The van der Waals surface area contributed by atoms with Crippen LogP contribution in [0.25, 0.3) is 0 Å². The largest absolute Gasteiger partial charge is 0.348 e. The fourth-order valence-corrected chi connectivity index (χ4v) is 2.30. The van der Waals surface area contributed by atoms with Crippen molar-refractivity contribution < 1.29 is 4.79 Å². The second kappa shape index (κ2) is 6.71. The van der Waals surface area contributed by atoms with E-state index in [1.54, 1.807) is 11.3 Å². The molecule has 1 unspecified atom stereocenters. The van der Waals surface area contributed by atoms with Gasteiger partial charge in [-0.05, 0) is 18.8 Å². The van der Waals surface area contributed by atoms with E-state index in [-0.39, 0.29) is 5.91 Å². The highest BCUT2D eigenvalue weighted by molar-refractivity contribution is 7.11. The molecule has 1 aromatic rings. The molecule has 0 aromatic carbocycles. The maximum atomic E-state index is 11.7. The summed E-state index contributed by atoms with van der Waals surface area (Å²) in [6.07, 6.45) is 3.56. The summed E-state index contributed by atoms with van der Waals surface area (Å²) in [7, 11) is 0. The second-order valence-corrected chi connectivity index (χ2v) is 5.73. The van der Waals surface area contributed by atoms with E-state index in [1.807, 2.05) is 6.20 Å². The van der Waals surface area contributed by atoms with E-state index in [0.717, 1.165) is 11.4 Å². The predicted molar refractivity (Wildman–Crippen MR) is 70.8 cm³/mol. The average Bonchev–Trinajstić information content (AvgIpc) is 2.72. The van der Waals surface area contributed by atoms with Gasteiger partial charge >= 0.3 is 0 Å². The Kier molecular flexibility index (Phi) is 5.58. The molecule has 17 heavy (non-hydrogen) atoms. The zero-order valence-corrected chi connectivity index (χ0v) is 11.5. The van der Waals surface area contributed by atoms with E-state index in [0.29, 0.717) is 18.9 Å². The lowest BCUT2D eigenvalue weighted by molar-refractivity contribution is -0.122. The van der Waals surface area contributed by atoms with Crippen molar-refractivity contribution in [2.45, 2.75) is 46.2 Å². The number of carbonyl (C=O) groups is 1. The van der Waals surface area contributed by atoms with E-state index >= 15 is 0 Å². The number of thiazole rings is 1. The molecule has 0 bridgehead atoms. The van der Waals surface area contributed by atoms with Gasteiger partial charge < -0.3 is 11.1 Å². The zero-order valence-electron chi connectivity index (χ0n) is 10.7. The maximum absolute atomic E-state index is 11.7. The van der Waals surface area contributed by atoms with E-state index in [9.17, 15) is 4.79 Å². The Labute approximate surface area is 107 Å². The van der Waals surface area contributed by atoms with E-state index < -0.39 is 6.04 Å². The summed E-state index contributed by atoms with van der Waals surface area (Å²) in [6.45, 7) is 6.69. The molecule has 0 aliphatic rings. The minimum atomic E-state index is -0.416. The van der Waals surface area contributed by atoms with Crippen LogP contribution in [0.15, 0.2) is 6.20 Å². The molecular weight excluding hydrogens is 234 g/mol. The summed E-state index contributed by atoms with van der Waals surface area (Å²) in [5.41, 5.74) is 5.78. The summed E-state index contributed by atoms with van der Waals surface area (Å²) in [5.74, 6) is 0.342. The lowest BCUT2D eigenvalue weighted by Crippen LogP contribution is -2.40. The molecule has 1 atom stereocenters. The van der Waals surface area contributed by atoms with Gasteiger partial charge in [0.1, 0.15) is 5.01 Å². The summed E-state index contributed by atoms with van der Waals surface area (Å²) in [5, 5.41) is 3.76. The molecule has 0 aliphatic carbocycles. The lowest BCUT2D eigenvalue weighted by Gasteiger charge is -2.13. The Hall–Kier alpha value is -0.940. The van der Waals surface area contributed by atoms with E-state index in [2.05, 4.69) is 31.1 Å². The first kappa shape index (κ1) is 14.1. The number of aromatic nitrogens is 1. The van der Waals surface area contributed by atoms with Gasteiger partial charge in [0.05, 0.1) is 12.6 Å². The quantitative estimate of drug-likeness (QED) is 0.813. The molecule has 0 radical (unpaired) electrons. The fourth-order valence-electron chi connectivity index (χ4n) is 1.50. The van der Waals surface area contributed by atoms with Crippen LogP contribution in [0.2, 0.25) is 0 Å². The summed E-state index contributed by atoms with van der Waals surface area (Å²) in [4.78, 5) is 17.1. The standard InChI is InChI=1S/C12H21N3OS/c1-4-9-6-14-11(17-9)7-15-12(16)10(13)5-8(2)3/h6,8,10H,4-5,7,13H2,1-3H3,(H,15,16). The van der Waals surface area contributed by atoms with Crippen LogP contribution in [0.4, 0.5) is 0 Å². The van der Waals surface area contributed by atoms with Crippen LogP contribution in [0.3, 0.4) is 0 Å². The van der Waals surface area contributed by atoms with Crippen LogP contribution in [0.1, 0.15) is 37.1 Å². The molecule has 1 aromatic heterocycles. The second-order valence-electron chi connectivity index (χ2n) is 4.53. The lowest BCUT2D eigenvalue weighted by atomic mass is 10.0. The average molecular weight is 255 g/mol. The number of rotatable bonds is 6. The molecule has 0 saturated heterocycles. The van der Waals surface area contributed by atoms with Crippen molar-refractivity contribution in [2.24, 2.45) is 11.7 Å². The van der Waals surface area contributed by atoms with Crippen LogP contribution in [-0.2, 0) is 17.8 Å². The SMILES string of the molecule is CCc1cnc(CNC(=O)C(N)CC(C)C)s1. The minimum Gasteiger partial charge on any atom is -0.348 e. The molecule has 1 amide bonds. The van der Waals surface area contributed by atoms with Crippen molar-refractivity contribution in [2.75, 3.05) is 0 Å². The summed E-state index contributed by atoms with van der Waals surface area (Å²) < 4.78 is 0. The number of amides is 1. The van der Waals surface area contributed by atoms with Crippen molar-refractivity contribution in [3.05, 3.63) is 16.1 Å². The van der Waals surface area contributed by atoms with Crippen molar-refractivity contribution in [3.8, 4) is 0 Å². The van der Waals surface area contributed by atoms with Crippen molar-refractivity contribution in [3.63, 3.8) is 0 Å². The molecule has 0 aliphatic heterocycles. The number of hydrogen-bond acceptors (Lipinski definition) is 4. The molecule has 0 saturated carbocycles. The Morgan fingerprint density at radius 1 is 1.59 bits per heavy atom. The van der Waals surface area contributed by atoms with Crippen LogP contribution < -0.4 is 11.1 Å². The van der Waals surface area contributed by atoms with Gasteiger partial charge in [0.25, 0.3) is 0 Å². The van der Waals surface area contributed by atoms with Gasteiger partial charge in [0, 0.05) is 11.1 Å². The zero-order chi connectivity index (χ0) is 12.8. The van der Waals surface area contributed by atoms with Crippen molar-refractivity contribution >= 4 is 17.2 Å². The summed E-state index contributed by atoms with van der Waals surface area (Å²) in [6, 6.07) is -0.416. The number of aryl methyl sites for hydroxylation is 1. The first-order valence-electron chi connectivity index (χ1n) is 5.99. The Balaban J connectivity index is 2.37. The van der Waals surface area contributed by atoms with Gasteiger partial charge in [0.2, 0.25) is 5.91 Å². The van der Waals surface area contributed by atoms with Crippen LogP contribution in [0, 0.1) is 5.92 Å². The van der Waals surface area contributed by atoms with Crippen LogP contribution >= 0.6 is 11.3 Å². The van der Waals surface area contributed by atoms with Gasteiger partial charge in [-0.1, -0.05) is 20.8 Å². The number of nitrogens with zero attached hydrogens (tertiary/aromatic N) is 1. The molecule has 3 N–H and O–H groups in total. The first-order chi connectivity index (χ1) is 8.02. The number of carbonyl (C=O) groups excluding carboxylic acids is 1. The predicted octanol–water partition coefficient (Wildman–Crippen LogP) is 1.70. The van der Waals surface area contributed by atoms with Gasteiger partial charge in [0.15, 0.2) is 0 Å². The first-order valence-corrected chi connectivity index (χ1v) is 6.81. The van der Waals surface area contributed by atoms with Crippen molar-refractivity contribution in [1.82, 2.24) is 10.3 Å². The molecule has 5 heteroatoms. The fraction of sp³-hybridized carbons (Fsp3) is 0.667. The van der Waals surface area contributed by atoms with Crippen molar-refractivity contribution in [1.29, 1.82) is 0 Å². The highest BCUT2D eigenvalue weighted by Crippen LogP contribution is 2.13. The Morgan fingerprint density at radius 3 is 2.82 bits per heavy atom. The van der Waals surface area contributed by atoms with E-state index in [4.69, 9.17) is 5.73 Å². The monoisotopic (exact) mass is 255 g/mol. The Morgan fingerprint density at radius 2 is 2.29 bits per heavy atom. The van der Waals surface area contributed by atoms with Crippen LogP contribution in [-0.4, -0.2) is 16.9 Å². The van der Waals surface area contributed by atoms with Gasteiger partial charge in [-0.3, -0.25) is 4.79 Å². The third-order valence-corrected chi connectivity index (χ3v) is 3.57. The summed E-state index contributed by atoms with van der Waals surface area (Å²) >= 11 is 1.63. The highest BCUT2D eigenvalue weighted by Gasteiger charge is 2.14. The van der Waals surface area contributed by atoms with Gasteiger partial charge in [-0.25, -0.2) is 4.98 Å². The van der Waals surface area contributed by atoms with Gasteiger partial charge in [-0.2, -0.15) is 0 Å². The molecule has 96 valence electrons. The molecular formula is C12H21N3OS. The molecule has 0 spiro atoms. The molecule has 1 rings (SSSR count). The number of nitrogens with two attached hydrogens (primary N) is 1. The maximum Gasteiger partial charge on any atom is 0.237 e. The number of nitrogens with one attached hydrogen (secondary N) is 1. The third-order valence-electron chi connectivity index (χ3n) is 2.43.